The molecule has 0 amide bonds. The largest absolute Gasteiger partial charge is 0.496 e. The number of aromatic nitrogens is 1. The van der Waals surface area contributed by atoms with E-state index in [9.17, 15) is 9.59 Å². The van der Waals surface area contributed by atoms with E-state index in [1.54, 1.807) is 30.5 Å². The highest BCUT2D eigenvalue weighted by Gasteiger charge is 2.18. The van der Waals surface area contributed by atoms with Crippen molar-refractivity contribution in [1.29, 1.82) is 0 Å². The normalized spacial score (nSPS) is 10.6. The number of carbonyl (C=O) groups excluding carboxylic acids is 2. The lowest BCUT2D eigenvalue weighted by Crippen LogP contribution is -2.14. The number of nitrogens with one attached hydrogen (secondary N) is 1. The molecule has 128 valence electrons. The van der Waals surface area contributed by atoms with Crippen LogP contribution in [-0.4, -0.2) is 30.5 Å². The molecule has 0 aliphatic rings. The fourth-order valence-electron chi connectivity index (χ4n) is 2.84. The van der Waals surface area contributed by atoms with Crippen LogP contribution in [0.5, 0.6) is 5.75 Å². The molecular weight excluding hydrogens is 318 g/mol. The van der Waals surface area contributed by atoms with E-state index in [1.165, 1.54) is 7.11 Å². The van der Waals surface area contributed by atoms with E-state index in [0.717, 1.165) is 22.9 Å². The summed E-state index contributed by atoms with van der Waals surface area (Å²) in [6.07, 6.45) is 2.54. The van der Waals surface area contributed by atoms with Gasteiger partial charge in [0.15, 0.2) is 6.61 Å². The van der Waals surface area contributed by atoms with Crippen molar-refractivity contribution in [2.75, 3.05) is 13.7 Å². The van der Waals surface area contributed by atoms with Gasteiger partial charge >= 0.3 is 5.97 Å². The van der Waals surface area contributed by atoms with Gasteiger partial charge in [-0.15, -0.1) is 0 Å². The van der Waals surface area contributed by atoms with Crippen LogP contribution in [0.3, 0.4) is 0 Å². The number of benzene rings is 2. The SMILES string of the molecule is CCc1cccc2c(C(=O)COC(=O)c3ccccc3OC)c[nH]c12. The summed E-state index contributed by atoms with van der Waals surface area (Å²) in [4.78, 5) is 27.8. The zero-order valence-electron chi connectivity index (χ0n) is 14.2. The highest BCUT2D eigenvalue weighted by Crippen LogP contribution is 2.23. The summed E-state index contributed by atoms with van der Waals surface area (Å²) in [6.45, 7) is 1.74. The zero-order valence-corrected chi connectivity index (χ0v) is 14.2. The maximum absolute atomic E-state index is 12.5. The Morgan fingerprint density at radius 2 is 1.84 bits per heavy atom. The van der Waals surface area contributed by atoms with E-state index >= 15 is 0 Å². The molecule has 1 aromatic heterocycles. The summed E-state index contributed by atoms with van der Waals surface area (Å²) in [7, 11) is 1.48. The molecule has 0 saturated carbocycles. The average molecular weight is 337 g/mol. The third-order valence-corrected chi connectivity index (χ3v) is 4.14. The number of ether oxygens (including phenoxy) is 2. The Morgan fingerprint density at radius 3 is 2.60 bits per heavy atom. The third kappa shape index (κ3) is 3.26. The summed E-state index contributed by atoms with van der Waals surface area (Å²) >= 11 is 0. The molecule has 1 heterocycles. The first-order chi connectivity index (χ1) is 12.2. The van der Waals surface area contributed by atoms with E-state index < -0.39 is 5.97 Å². The maximum Gasteiger partial charge on any atom is 0.342 e. The lowest BCUT2D eigenvalue weighted by Gasteiger charge is -2.08. The zero-order chi connectivity index (χ0) is 17.8. The number of hydrogen-bond donors (Lipinski definition) is 1. The number of rotatable bonds is 6. The number of Topliss-reactive ketones (excluding diaryl/α,β-unsaturated/α-hetero) is 1. The Kier molecular flexibility index (Phi) is 4.84. The predicted octanol–water partition coefficient (Wildman–Crippen LogP) is 3.78. The second-order valence-electron chi connectivity index (χ2n) is 5.60. The second kappa shape index (κ2) is 7.21. The van der Waals surface area contributed by atoms with Crippen LogP contribution in [0.4, 0.5) is 0 Å². The first-order valence-corrected chi connectivity index (χ1v) is 8.08. The fourth-order valence-corrected chi connectivity index (χ4v) is 2.84. The smallest absolute Gasteiger partial charge is 0.342 e. The molecule has 3 aromatic rings. The van der Waals surface area contributed by atoms with E-state index in [1.807, 2.05) is 18.2 Å². The van der Waals surface area contributed by atoms with Crippen molar-refractivity contribution in [2.45, 2.75) is 13.3 Å². The van der Waals surface area contributed by atoms with Crippen LogP contribution in [0.1, 0.15) is 33.2 Å². The number of aryl methyl sites for hydroxylation is 1. The summed E-state index contributed by atoms with van der Waals surface area (Å²) < 4.78 is 10.3. The number of carbonyl (C=O) groups is 2. The standard InChI is InChI=1S/C20H19NO4/c1-3-13-7-6-9-14-16(11-21-19(13)14)17(22)12-25-20(23)15-8-4-5-10-18(15)24-2/h4-11,21H,3,12H2,1-2H3. The fraction of sp³-hybridized carbons (Fsp3) is 0.200. The molecule has 25 heavy (non-hydrogen) atoms. The monoisotopic (exact) mass is 337 g/mol. The Bertz CT molecular complexity index is 926. The molecule has 5 nitrogen and oxygen atoms in total. The Labute approximate surface area is 145 Å². The Morgan fingerprint density at radius 1 is 1.04 bits per heavy atom. The quantitative estimate of drug-likeness (QED) is 0.549. The maximum atomic E-state index is 12.5. The second-order valence-corrected chi connectivity index (χ2v) is 5.60. The lowest BCUT2D eigenvalue weighted by atomic mass is 10.1. The number of aromatic amines is 1. The molecule has 0 aliphatic heterocycles. The molecule has 0 bridgehead atoms. The minimum Gasteiger partial charge on any atom is -0.496 e. The van der Waals surface area contributed by atoms with Crippen LogP contribution >= 0.6 is 0 Å². The summed E-state index contributed by atoms with van der Waals surface area (Å²) in [5, 5.41) is 0.845. The molecule has 0 saturated heterocycles. The van der Waals surface area contributed by atoms with Crippen LogP contribution in [-0.2, 0) is 11.2 Å². The molecule has 1 N–H and O–H groups in total. The number of esters is 1. The van der Waals surface area contributed by atoms with Gasteiger partial charge in [0.25, 0.3) is 0 Å². The molecule has 2 aromatic carbocycles. The topological polar surface area (TPSA) is 68.4 Å². The lowest BCUT2D eigenvalue weighted by molar-refractivity contribution is 0.0472. The van der Waals surface area contributed by atoms with E-state index in [-0.39, 0.29) is 12.4 Å². The van der Waals surface area contributed by atoms with Crippen LogP contribution in [0.2, 0.25) is 0 Å². The van der Waals surface area contributed by atoms with Crippen LogP contribution in [0, 0.1) is 0 Å². The molecule has 0 fully saturated rings. The van der Waals surface area contributed by atoms with Crippen molar-refractivity contribution < 1.29 is 19.1 Å². The van der Waals surface area contributed by atoms with Gasteiger partial charge in [-0.05, 0) is 24.1 Å². The Hall–Kier alpha value is -3.08. The van der Waals surface area contributed by atoms with Crippen LogP contribution in [0.25, 0.3) is 10.9 Å². The van der Waals surface area contributed by atoms with E-state index in [2.05, 4.69) is 11.9 Å². The minimum absolute atomic E-state index is 0.247. The molecule has 3 rings (SSSR count). The molecule has 0 aliphatic carbocycles. The number of methoxy groups -OCH3 is 1. The number of para-hydroxylation sites is 2. The molecule has 0 unspecified atom stereocenters. The molecule has 0 spiro atoms. The summed E-state index contributed by atoms with van der Waals surface area (Å²) in [5.41, 5.74) is 2.91. The van der Waals surface area contributed by atoms with Crippen LogP contribution < -0.4 is 4.74 Å². The van der Waals surface area contributed by atoms with Gasteiger partial charge in [0.2, 0.25) is 5.78 Å². The predicted molar refractivity (Wildman–Crippen MR) is 95.3 cm³/mol. The van der Waals surface area contributed by atoms with Gasteiger partial charge < -0.3 is 14.5 Å². The number of hydrogen-bond acceptors (Lipinski definition) is 4. The highest BCUT2D eigenvalue weighted by atomic mass is 16.5. The van der Waals surface area contributed by atoms with Gasteiger partial charge in [0, 0.05) is 22.7 Å². The van der Waals surface area contributed by atoms with Crippen molar-refractivity contribution in [2.24, 2.45) is 0 Å². The van der Waals surface area contributed by atoms with Crippen molar-refractivity contribution in [3.05, 3.63) is 65.4 Å². The Balaban J connectivity index is 1.76. The van der Waals surface area contributed by atoms with Gasteiger partial charge in [-0.25, -0.2) is 4.79 Å². The van der Waals surface area contributed by atoms with Crippen molar-refractivity contribution in [3.63, 3.8) is 0 Å². The molecular formula is C20H19NO4. The summed E-state index contributed by atoms with van der Waals surface area (Å²) in [5.74, 6) is -0.415. The number of fused-ring (bicyclic) bond motifs is 1. The van der Waals surface area contributed by atoms with Gasteiger partial charge in [-0.1, -0.05) is 37.3 Å². The third-order valence-electron chi connectivity index (χ3n) is 4.14. The highest BCUT2D eigenvalue weighted by molar-refractivity contribution is 6.09. The van der Waals surface area contributed by atoms with Gasteiger partial charge in [-0.3, -0.25) is 4.79 Å². The number of H-pyrrole nitrogens is 1. The molecule has 0 atom stereocenters. The van der Waals surface area contributed by atoms with E-state index in [4.69, 9.17) is 9.47 Å². The van der Waals surface area contributed by atoms with Crippen molar-refractivity contribution in [3.8, 4) is 5.75 Å². The van der Waals surface area contributed by atoms with Crippen molar-refractivity contribution in [1.82, 2.24) is 4.98 Å². The first-order valence-electron chi connectivity index (χ1n) is 8.08. The number of ketones is 1. The van der Waals surface area contributed by atoms with Crippen LogP contribution in [0.15, 0.2) is 48.7 Å². The van der Waals surface area contributed by atoms with E-state index in [0.29, 0.717) is 16.9 Å². The first kappa shape index (κ1) is 16.8. The van der Waals surface area contributed by atoms with Gasteiger partial charge in [-0.2, -0.15) is 0 Å². The molecule has 5 heteroatoms. The average Bonchev–Trinajstić information content (AvgIpc) is 3.10. The van der Waals surface area contributed by atoms with Gasteiger partial charge in [0.05, 0.1) is 7.11 Å². The molecule has 0 radical (unpaired) electrons. The summed E-state index contributed by atoms with van der Waals surface area (Å²) in [6, 6.07) is 12.6. The van der Waals surface area contributed by atoms with Crippen molar-refractivity contribution >= 4 is 22.7 Å². The van der Waals surface area contributed by atoms with Gasteiger partial charge in [0.1, 0.15) is 11.3 Å². The minimum atomic E-state index is -0.583.